The molecule has 3 aromatic heterocycles. The number of carbonyl (C=O) groups excluding carboxylic acids is 1. The Morgan fingerprint density at radius 3 is 2.59 bits per heavy atom. The van der Waals surface area contributed by atoms with Gasteiger partial charge in [0.2, 0.25) is 5.95 Å². The molecule has 0 radical (unpaired) electrons. The average molecular weight is 430 g/mol. The van der Waals surface area contributed by atoms with E-state index in [0.717, 1.165) is 54.0 Å². The number of carbonyl (C=O) groups is 1. The van der Waals surface area contributed by atoms with Gasteiger partial charge in [0.05, 0.1) is 11.9 Å². The minimum absolute atomic E-state index is 0.0179. The van der Waals surface area contributed by atoms with Crippen molar-refractivity contribution in [3.05, 3.63) is 47.8 Å². The fourth-order valence-electron chi connectivity index (χ4n) is 4.47. The lowest BCUT2D eigenvalue weighted by Gasteiger charge is -2.29. The van der Waals surface area contributed by atoms with Crippen molar-refractivity contribution in [2.24, 2.45) is 0 Å². The highest BCUT2D eigenvalue weighted by Crippen LogP contribution is 2.36. The zero-order valence-electron chi connectivity index (χ0n) is 18.6. The summed E-state index contributed by atoms with van der Waals surface area (Å²) in [5.74, 6) is 1.25. The minimum Gasteiger partial charge on any atom is -0.355 e. The number of hydrogen-bond donors (Lipinski definition) is 3. The predicted octanol–water partition coefficient (Wildman–Crippen LogP) is 4.03. The van der Waals surface area contributed by atoms with E-state index in [9.17, 15) is 4.79 Å². The van der Waals surface area contributed by atoms with Gasteiger partial charge in [-0.15, -0.1) is 0 Å². The number of H-pyrrole nitrogens is 2. The van der Waals surface area contributed by atoms with Gasteiger partial charge < -0.3 is 20.2 Å². The third-order valence-corrected chi connectivity index (χ3v) is 6.13. The van der Waals surface area contributed by atoms with Crippen molar-refractivity contribution in [3.8, 4) is 22.6 Å². The van der Waals surface area contributed by atoms with Gasteiger partial charge >= 0.3 is 0 Å². The van der Waals surface area contributed by atoms with E-state index in [2.05, 4.69) is 37.2 Å². The highest BCUT2D eigenvalue weighted by Gasteiger charge is 2.23. The highest BCUT2D eigenvalue weighted by molar-refractivity contribution is 6.05. The number of Topliss-reactive ketones (excluding diaryl/α,β-unsaturated/α-hetero) is 1. The summed E-state index contributed by atoms with van der Waals surface area (Å²) in [6, 6.07) is 10.3. The van der Waals surface area contributed by atoms with Crippen molar-refractivity contribution in [2.45, 2.75) is 32.7 Å². The number of rotatable bonds is 5. The highest BCUT2D eigenvalue weighted by atomic mass is 16.1. The number of hydrogen-bond acceptors (Lipinski definition) is 6. The van der Waals surface area contributed by atoms with E-state index in [0.29, 0.717) is 29.0 Å². The van der Waals surface area contributed by atoms with Crippen LogP contribution in [0.4, 0.5) is 5.95 Å². The summed E-state index contributed by atoms with van der Waals surface area (Å²) < 4.78 is 0. The van der Waals surface area contributed by atoms with Crippen LogP contribution in [0.5, 0.6) is 0 Å². The Morgan fingerprint density at radius 1 is 1.12 bits per heavy atom. The van der Waals surface area contributed by atoms with Crippen LogP contribution in [0.25, 0.3) is 33.8 Å². The third kappa shape index (κ3) is 3.78. The fraction of sp³-hybridized carbons (Fsp3) is 0.333. The second-order valence-corrected chi connectivity index (χ2v) is 8.54. The van der Waals surface area contributed by atoms with Crippen LogP contribution >= 0.6 is 0 Å². The van der Waals surface area contributed by atoms with Gasteiger partial charge in [0.15, 0.2) is 17.3 Å². The maximum atomic E-state index is 12.4. The van der Waals surface area contributed by atoms with Crippen LogP contribution in [0.15, 0.2) is 36.5 Å². The molecular formula is C24H27N7O. The molecule has 0 atom stereocenters. The van der Waals surface area contributed by atoms with Gasteiger partial charge in [-0.25, -0.2) is 9.97 Å². The first kappa shape index (κ1) is 20.4. The minimum atomic E-state index is 0.0179. The molecule has 0 saturated carbocycles. The predicted molar refractivity (Wildman–Crippen MR) is 126 cm³/mol. The molecule has 0 spiro atoms. The number of imidazole rings is 1. The molecule has 0 unspecified atom stereocenters. The molecule has 4 heterocycles. The molecule has 4 aromatic rings. The number of likely N-dealkylation sites (tertiary alicyclic amines) is 1. The lowest BCUT2D eigenvalue weighted by molar-refractivity contribution is 0.101. The summed E-state index contributed by atoms with van der Waals surface area (Å²) >= 11 is 0. The van der Waals surface area contributed by atoms with Crippen molar-refractivity contribution in [3.63, 3.8) is 0 Å². The SMILES string of the molecule is CC(=O)c1c(C)[nH]c(-c2nc3nc(NC4CCN(C)CC4)ncc3[nH]2)c1-c1ccccc1. The molecule has 1 aromatic carbocycles. The molecule has 0 aliphatic carbocycles. The number of aromatic nitrogens is 5. The van der Waals surface area contributed by atoms with Gasteiger partial charge in [-0.05, 0) is 52.4 Å². The molecule has 8 heteroatoms. The Balaban J connectivity index is 1.53. The van der Waals surface area contributed by atoms with Crippen LogP contribution < -0.4 is 5.32 Å². The van der Waals surface area contributed by atoms with E-state index < -0.39 is 0 Å². The van der Waals surface area contributed by atoms with Crippen molar-refractivity contribution < 1.29 is 4.79 Å². The van der Waals surface area contributed by atoms with Crippen molar-refractivity contribution in [1.29, 1.82) is 0 Å². The second kappa shape index (κ2) is 8.20. The average Bonchev–Trinajstić information content (AvgIpc) is 3.36. The Labute approximate surface area is 186 Å². The molecule has 1 fully saturated rings. The Bertz CT molecular complexity index is 1270. The molecule has 1 aliphatic rings. The van der Waals surface area contributed by atoms with Gasteiger partial charge in [0.1, 0.15) is 5.52 Å². The second-order valence-electron chi connectivity index (χ2n) is 8.54. The maximum absolute atomic E-state index is 12.4. The van der Waals surface area contributed by atoms with E-state index in [1.165, 1.54) is 0 Å². The Kier molecular flexibility index (Phi) is 5.22. The summed E-state index contributed by atoms with van der Waals surface area (Å²) in [4.78, 5) is 35.4. The molecule has 5 rings (SSSR count). The van der Waals surface area contributed by atoms with Gasteiger partial charge in [0, 0.05) is 22.9 Å². The van der Waals surface area contributed by atoms with Crippen LogP contribution in [0.2, 0.25) is 0 Å². The number of aromatic amines is 2. The molecule has 8 nitrogen and oxygen atoms in total. The monoisotopic (exact) mass is 429 g/mol. The van der Waals surface area contributed by atoms with Crippen LogP contribution in [0.3, 0.4) is 0 Å². The molecule has 0 bridgehead atoms. The number of nitrogens with one attached hydrogen (secondary N) is 3. The van der Waals surface area contributed by atoms with Crippen LogP contribution in [0.1, 0.15) is 35.8 Å². The number of ketones is 1. The fourth-order valence-corrected chi connectivity index (χ4v) is 4.47. The Hall–Kier alpha value is -3.52. The normalized spacial score (nSPS) is 15.3. The number of piperidine rings is 1. The number of aryl methyl sites for hydroxylation is 1. The largest absolute Gasteiger partial charge is 0.355 e. The number of benzene rings is 1. The number of anilines is 1. The smallest absolute Gasteiger partial charge is 0.225 e. The zero-order valence-corrected chi connectivity index (χ0v) is 18.6. The Morgan fingerprint density at radius 2 is 1.88 bits per heavy atom. The number of fused-ring (bicyclic) bond motifs is 1. The summed E-state index contributed by atoms with van der Waals surface area (Å²) in [7, 11) is 2.15. The molecule has 164 valence electrons. The van der Waals surface area contributed by atoms with Gasteiger partial charge in [0.25, 0.3) is 0 Å². The standard InChI is InChI=1S/C24H27N7O/c1-14-19(15(2)32)20(16-7-5-4-6-8-16)21(26-14)23-28-18-13-25-24(30-22(18)29-23)27-17-9-11-31(3)12-10-17/h4-8,13,17,26H,9-12H2,1-3H3,(H2,25,27,28,29,30). The van der Waals surface area contributed by atoms with Crippen LogP contribution in [0, 0.1) is 6.92 Å². The number of nitrogens with zero attached hydrogens (tertiary/aromatic N) is 4. The lowest BCUT2D eigenvalue weighted by atomic mass is 9.98. The third-order valence-electron chi connectivity index (χ3n) is 6.13. The van der Waals surface area contributed by atoms with E-state index in [1.807, 2.05) is 37.3 Å². The summed E-state index contributed by atoms with van der Waals surface area (Å²) in [6.45, 7) is 5.65. The molecule has 32 heavy (non-hydrogen) atoms. The van der Waals surface area contributed by atoms with E-state index in [-0.39, 0.29) is 5.78 Å². The van der Waals surface area contributed by atoms with Crippen LogP contribution in [-0.4, -0.2) is 61.8 Å². The maximum Gasteiger partial charge on any atom is 0.225 e. The quantitative estimate of drug-likeness (QED) is 0.414. The molecule has 0 amide bonds. The van der Waals surface area contributed by atoms with Gasteiger partial charge in [-0.3, -0.25) is 4.79 Å². The summed E-state index contributed by atoms with van der Waals surface area (Å²) in [5.41, 5.74) is 5.46. The zero-order chi connectivity index (χ0) is 22.2. The van der Waals surface area contributed by atoms with E-state index in [1.54, 1.807) is 13.1 Å². The van der Waals surface area contributed by atoms with Crippen molar-refractivity contribution in [1.82, 2.24) is 29.8 Å². The van der Waals surface area contributed by atoms with Crippen molar-refractivity contribution in [2.75, 3.05) is 25.5 Å². The molecular weight excluding hydrogens is 402 g/mol. The molecule has 3 N–H and O–H groups in total. The van der Waals surface area contributed by atoms with E-state index in [4.69, 9.17) is 4.98 Å². The first-order valence-electron chi connectivity index (χ1n) is 11.0. The first-order valence-corrected chi connectivity index (χ1v) is 11.0. The van der Waals surface area contributed by atoms with Gasteiger partial charge in [-0.1, -0.05) is 30.3 Å². The topological polar surface area (TPSA) is 103 Å². The lowest BCUT2D eigenvalue weighted by Crippen LogP contribution is -2.37. The van der Waals surface area contributed by atoms with E-state index >= 15 is 0 Å². The van der Waals surface area contributed by atoms with Crippen LogP contribution in [-0.2, 0) is 0 Å². The summed E-state index contributed by atoms with van der Waals surface area (Å²) in [5, 5.41) is 3.45. The molecule has 1 aliphatic heterocycles. The van der Waals surface area contributed by atoms with Gasteiger partial charge in [-0.2, -0.15) is 4.98 Å². The molecule has 1 saturated heterocycles. The van der Waals surface area contributed by atoms with Crippen molar-refractivity contribution >= 4 is 22.9 Å². The first-order chi connectivity index (χ1) is 15.5. The summed E-state index contributed by atoms with van der Waals surface area (Å²) in [6.07, 6.45) is 3.90.